The number of anilines is 2. The molecule has 0 unspecified atom stereocenters. The summed E-state index contributed by atoms with van der Waals surface area (Å²) in [5.41, 5.74) is 2.75. The van der Waals surface area contributed by atoms with Gasteiger partial charge >= 0.3 is 0 Å². The first kappa shape index (κ1) is 22.9. The van der Waals surface area contributed by atoms with Gasteiger partial charge in [0, 0.05) is 28.4 Å². The second-order valence-electron chi connectivity index (χ2n) is 6.94. The van der Waals surface area contributed by atoms with Crippen molar-refractivity contribution in [2.45, 2.75) is 12.3 Å². The molecule has 8 nitrogen and oxygen atoms in total. The van der Waals surface area contributed by atoms with E-state index in [-0.39, 0.29) is 23.5 Å². The van der Waals surface area contributed by atoms with Crippen molar-refractivity contribution in [3.63, 3.8) is 0 Å². The fourth-order valence-corrected chi connectivity index (χ4v) is 3.96. The molecule has 0 spiro atoms. The maximum Gasteiger partial charge on any atom is 0.227 e. The van der Waals surface area contributed by atoms with Gasteiger partial charge in [0.1, 0.15) is 5.69 Å². The summed E-state index contributed by atoms with van der Waals surface area (Å²) in [5.74, 6) is 1.92. The fourth-order valence-electron chi connectivity index (χ4n) is 3.31. The zero-order chi connectivity index (χ0) is 22.0. The Kier molecular flexibility index (Phi) is 6.55. The summed E-state index contributed by atoms with van der Waals surface area (Å²) < 4.78 is 39.1. The van der Waals surface area contributed by atoms with Crippen LogP contribution in [0.3, 0.4) is 0 Å². The molecular formula is C22H21FN6O2S. The van der Waals surface area contributed by atoms with E-state index < -0.39 is 15.8 Å². The number of sulfonamides is 1. The van der Waals surface area contributed by atoms with Crippen molar-refractivity contribution in [2.24, 2.45) is 5.14 Å². The van der Waals surface area contributed by atoms with Crippen LogP contribution in [0.5, 0.6) is 0 Å². The molecule has 6 N–H and O–H groups in total. The van der Waals surface area contributed by atoms with Crippen LogP contribution in [0.1, 0.15) is 5.56 Å². The zero-order valence-corrected chi connectivity index (χ0v) is 17.8. The van der Waals surface area contributed by atoms with Crippen LogP contribution in [-0.2, 0) is 22.3 Å². The summed E-state index contributed by atoms with van der Waals surface area (Å²) in [6, 6.07) is 14.1. The molecule has 0 fully saturated rings. The van der Waals surface area contributed by atoms with Gasteiger partial charge in [-0.05, 0) is 35.9 Å². The number of nitrogens with one attached hydrogen (secondary N) is 1. The predicted octanol–water partition coefficient (Wildman–Crippen LogP) is 3.56. The van der Waals surface area contributed by atoms with Crippen molar-refractivity contribution in [3.8, 4) is 23.6 Å². The molecule has 0 aliphatic rings. The monoisotopic (exact) mass is 452 g/mol. The number of benzene rings is 2. The number of rotatable bonds is 6. The van der Waals surface area contributed by atoms with E-state index in [1.54, 1.807) is 30.3 Å². The third kappa shape index (κ3) is 5.09. The normalized spacial score (nSPS) is 11.0. The maximum absolute atomic E-state index is 14.5. The molecule has 0 aliphatic carbocycles. The average Bonchev–Trinajstić information content (AvgIpc) is 3.11. The van der Waals surface area contributed by atoms with Crippen LogP contribution in [0.4, 0.5) is 16.0 Å². The Morgan fingerprint density at radius 1 is 1.19 bits per heavy atom. The van der Waals surface area contributed by atoms with E-state index >= 15 is 0 Å². The van der Waals surface area contributed by atoms with E-state index in [2.05, 4.69) is 21.2 Å². The Hall–Kier alpha value is -3.78. The van der Waals surface area contributed by atoms with Crippen LogP contribution in [0.15, 0.2) is 60.9 Å². The van der Waals surface area contributed by atoms with Crippen molar-refractivity contribution in [2.75, 3.05) is 5.32 Å². The molecule has 10 heteroatoms. The second-order valence-corrected chi connectivity index (χ2v) is 8.56. The summed E-state index contributed by atoms with van der Waals surface area (Å²) in [6.07, 6.45) is 8.36. The van der Waals surface area contributed by atoms with Crippen molar-refractivity contribution >= 4 is 32.6 Å². The van der Waals surface area contributed by atoms with Gasteiger partial charge in [-0.2, -0.15) is 0 Å². The second kappa shape index (κ2) is 9.15. The minimum absolute atomic E-state index is 0. The van der Waals surface area contributed by atoms with Crippen LogP contribution >= 0.6 is 0 Å². The molecule has 0 saturated carbocycles. The Bertz CT molecular complexity index is 1430. The molecule has 32 heavy (non-hydrogen) atoms. The van der Waals surface area contributed by atoms with Crippen LogP contribution < -0.4 is 16.6 Å². The quantitative estimate of drug-likeness (QED) is 0.382. The number of aromatic nitrogens is 3. The molecule has 0 amide bonds. The molecule has 0 aliphatic heterocycles. The molecule has 0 saturated heterocycles. The van der Waals surface area contributed by atoms with Crippen LogP contribution in [0.25, 0.3) is 22.2 Å². The highest BCUT2D eigenvalue weighted by molar-refractivity contribution is 7.88. The molecule has 2 aromatic heterocycles. The average molecular weight is 453 g/mol. The summed E-state index contributed by atoms with van der Waals surface area (Å²) in [7, 11) is -3.66. The van der Waals surface area contributed by atoms with Crippen LogP contribution in [0.2, 0.25) is 0 Å². The van der Waals surface area contributed by atoms with E-state index in [9.17, 15) is 12.8 Å². The van der Waals surface area contributed by atoms with Gasteiger partial charge in [0.2, 0.25) is 16.0 Å². The predicted molar refractivity (Wildman–Crippen MR) is 123 cm³/mol. The highest BCUT2D eigenvalue weighted by Gasteiger charge is 2.12. The molecule has 2 heterocycles. The fraction of sp³-hybridized carbons (Fsp3) is 0.0909. The smallest absolute Gasteiger partial charge is 0.227 e. The SMILES string of the molecule is C#CCn1ccc2cc(-c3nc(Nc4cccc(CS(N)(=O)=O)c4)ncc3F)ccc21.N. The molecule has 4 aromatic rings. The largest absolute Gasteiger partial charge is 0.344 e. The Morgan fingerprint density at radius 2 is 2.00 bits per heavy atom. The van der Waals surface area contributed by atoms with Crippen molar-refractivity contribution in [1.82, 2.24) is 20.7 Å². The number of terminal acetylenes is 1. The highest BCUT2D eigenvalue weighted by Crippen LogP contribution is 2.27. The van der Waals surface area contributed by atoms with Crippen LogP contribution in [-0.4, -0.2) is 23.0 Å². The van der Waals surface area contributed by atoms with E-state index in [0.29, 0.717) is 23.4 Å². The number of fused-ring (bicyclic) bond motifs is 1. The lowest BCUT2D eigenvalue weighted by atomic mass is 10.1. The minimum atomic E-state index is -3.66. The lowest BCUT2D eigenvalue weighted by Crippen LogP contribution is -2.14. The molecule has 0 bridgehead atoms. The number of primary sulfonamides is 1. The lowest BCUT2D eigenvalue weighted by molar-refractivity contribution is 0.597. The Morgan fingerprint density at radius 3 is 2.75 bits per heavy atom. The van der Waals surface area contributed by atoms with E-state index in [1.807, 2.05) is 29.0 Å². The number of hydrogen-bond donors (Lipinski definition) is 3. The van der Waals surface area contributed by atoms with E-state index in [0.717, 1.165) is 17.1 Å². The minimum Gasteiger partial charge on any atom is -0.344 e. The summed E-state index contributed by atoms with van der Waals surface area (Å²) in [6.45, 7) is 0.448. The first-order chi connectivity index (χ1) is 14.8. The van der Waals surface area contributed by atoms with Gasteiger partial charge in [-0.25, -0.2) is 27.9 Å². The van der Waals surface area contributed by atoms with Crippen molar-refractivity contribution in [1.29, 1.82) is 0 Å². The molecule has 0 radical (unpaired) electrons. The maximum atomic E-state index is 14.5. The first-order valence-electron chi connectivity index (χ1n) is 9.24. The lowest BCUT2D eigenvalue weighted by Gasteiger charge is -2.09. The van der Waals surface area contributed by atoms with Gasteiger partial charge < -0.3 is 16.0 Å². The Balaban J connectivity index is 0.00000289. The van der Waals surface area contributed by atoms with E-state index in [1.165, 1.54) is 0 Å². The number of nitrogens with two attached hydrogens (primary N) is 1. The van der Waals surface area contributed by atoms with E-state index in [4.69, 9.17) is 11.6 Å². The van der Waals surface area contributed by atoms with Gasteiger partial charge in [0.05, 0.1) is 18.5 Å². The standard InChI is InChI=1S/C22H18FN5O2S.H3N/c1-2-9-28-10-8-16-12-17(6-7-20(16)28)21-19(23)13-25-22(27-21)26-18-5-3-4-15(11-18)14-31(24,29)30;/h1,3-8,10-13H,9,14H2,(H2,24,29,30)(H,25,26,27);1H3. The summed E-state index contributed by atoms with van der Waals surface area (Å²) in [4.78, 5) is 8.30. The Labute approximate surface area is 184 Å². The van der Waals surface area contributed by atoms with Gasteiger partial charge in [-0.1, -0.05) is 24.1 Å². The molecular weight excluding hydrogens is 431 g/mol. The highest BCUT2D eigenvalue weighted by atomic mass is 32.2. The molecule has 0 atom stereocenters. The third-order valence-electron chi connectivity index (χ3n) is 4.60. The van der Waals surface area contributed by atoms with Gasteiger partial charge in [0.25, 0.3) is 0 Å². The van der Waals surface area contributed by atoms with Crippen LogP contribution in [0, 0.1) is 18.2 Å². The number of nitrogens with zero attached hydrogens (tertiary/aromatic N) is 3. The first-order valence-corrected chi connectivity index (χ1v) is 11.0. The number of hydrogen-bond acceptors (Lipinski definition) is 6. The molecule has 164 valence electrons. The van der Waals surface area contributed by atoms with Gasteiger partial charge in [-0.3, -0.25) is 0 Å². The summed E-state index contributed by atoms with van der Waals surface area (Å²) >= 11 is 0. The van der Waals surface area contributed by atoms with Crippen molar-refractivity contribution in [3.05, 3.63) is 72.3 Å². The third-order valence-corrected chi connectivity index (χ3v) is 5.34. The van der Waals surface area contributed by atoms with Crippen molar-refractivity contribution < 1.29 is 12.8 Å². The molecule has 2 aromatic carbocycles. The zero-order valence-electron chi connectivity index (χ0n) is 17.0. The van der Waals surface area contributed by atoms with Gasteiger partial charge in [0.15, 0.2) is 5.82 Å². The number of halogens is 1. The topological polar surface area (TPSA) is 138 Å². The van der Waals surface area contributed by atoms with Gasteiger partial charge in [-0.15, -0.1) is 6.42 Å². The summed E-state index contributed by atoms with van der Waals surface area (Å²) in [5, 5.41) is 8.99. The molecule has 4 rings (SSSR count).